The van der Waals surface area contributed by atoms with E-state index >= 15 is 0 Å². The van der Waals surface area contributed by atoms with Gasteiger partial charge in [0.05, 0.1) is 18.1 Å². The lowest BCUT2D eigenvalue weighted by molar-refractivity contribution is -0.140. The van der Waals surface area contributed by atoms with Gasteiger partial charge in [-0.3, -0.25) is 4.79 Å². The zero-order valence-corrected chi connectivity index (χ0v) is 12.1. The molecule has 0 bridgehead atoms. The molecule has 5 nitrogen and oxygen atoms in total. The standard InChI is InChI=1S/C15H21N3O2/c1-18(10-5-8-15(19)20-2)11-9-14-16-12-6-3-4-7-13(12)17-14/h3-4,6-7H,5,8-11H2,1-2H3,(H,16,17). The predicted octanol–water partition coefficient (Wildman–Crippen LogP) is 1.99. The summed E-state index contributed by atoms with van der Waals surface area (Å²) < 4.78 is 4.62. The Morgan fingerprint density at radius 1 is 1.35 bits per heavy atom. The molecule has 0 aliphatic carbocycles. The molecule has 2 rings (SSSR count). The second-order valence-electron chi connectivity index (χ2n) is 4.93. The van der Waals surface area contributed by atoms with Crippen LogP contribution in [0.15, 0.2) is 24.3 Å². The minimum atomic E-state index is -0.143. The number of hydrogen-bond acceptors (Lipinski definition) is 4. The maximum absolute atomic E-state index is 11.0. The highest BCUT2D eigenvalue weighted by atomic mass is 16.5. The van der Waals surface area contributed by atoms with Crippen molar-refractivity contribution in [2.45, 2.75) is 19.3 Å². The minimum absolute atomic E-state index is 0.143. The molecular formula is C15H21N3O2. The second-order valence-corrected chi connectivity index (χ2v) is 4.93. The Morgan fingerprint density at radius 3 is 2.90 bits per heavy atom. The Bertz CT molecular complexity index is 532. The third-order valence-corrected chi connectivity index (χ3v) is 3.32. The fourth-order valence-electron chi connectivity index (χ4n) is 2.13. The second kappa shape index (κ2) is 7.05. The van der Waals surface area contributed by atoms with Gasteiger partial charge in [-0.25, -0.2) is 4.98 Å². The lowest BCUT2D eigenvalue weighted by atomic mass is 10.3. The average Bonchev–Trinajstić information content (AvgIpc) is 2.87. The van der Waals surface area contributed by atoms with Gasteiger partial charge in [-0.2, -0.15) is 0 Å². The van der Waals surface area contributed by atoms with Crippen molar-refractivity contribution in [3.63, 3.8) is 0 Å². The van der Waals surface area contributed by atoms with Crippen LogP contribution in [0.2, 0.25) is 0 Å². The Labute approximate surface area is 118 Å². The first-order chi connectivity index (χ1) is 9.69. The summed E-state index contributed by atoms with van der Waals surface area (Å²) in [6.45, 7) is 1.80. The summed E-state index contributed by atoms with van der Waals surface area (Å²) in [5.41, 5.74) is 2.09. The number of para-hydroxylation sites is 2. The highest BCUT2D eigenvalue weighted by Gasteiger charge is 2.05. The third-order valence-electron chi connectivity index (χ3n) is 3.32. The molecule has 0 saturated carbocycles. The molecule has 0 spiro atoms. The number of fused-ring (bicyclic) bond motifs is 1. The number of likely N-dealkylation sites (N-methyl/N-ethyl adjacent to an activating group) is 1. The number of nitrogens with zero attached hydrogens (tertiary/aromatic N) is 2. The maximum Gasteiger partial charge on any atom is 0.305 e. The molecular weight excluding hydrogens is 254 g/mol. The van der Waals surface area contributed by atoms with Crippen LogP contribution in [0.4, 0.5) is 0 Å². The molecule has 0 amide bonds. The van der Waals surface area contributed by atoms with Gasteiger partial charge in [-0.1, -0.05) is 12.1 Å². The zero-order chi connectivity index (χ0) is 14.4. The molecule has 2 aromatic rings. The van der Waals surface area contributed by atoms with E-state index in [1.807, 2.05) is 24.3 Å². The van der Waals surface area contributed by atoms with Gasteiger partial charge < -0.3 is 14.6 Å². The summed E-state index contributed by atoms with van der Waals surface area (Å²) in [5.74, 6) is 0.863. The van der Waals surface area contributed by atoms with Crippen LogP contribution in [0.25, 0.3) is 11.0 Å². The maximum atomic E-state index is 11.0. The number of methoxy groups -OCH3 is 1. The molecule has 0 atom stereocenters. The van der Waals surface area contributed by atoms with E-state index in [0.717, 1.165) is 42.8 Å². The van der Waals surface area contributed by atoms with Gasteiger partial charge in [-0.15, -0.1) is 0 Å². The zero-order valence-electron chi connectivity index (χ0n) is 12.1. The highest BCUT2D eigenvalue weighted by Crippen LogP contribution is 2.10. The van der Waals surface area contributed by atoms with Crippen molar-refractivity contribution in [2.75, 3.05) is 27.2 Å². The molecule has 1 aromatic heterocycles. The van der Waals surface area contributed by atoms with Crippen LogP contribution in [0, 0.1) is 0 Å². The van der Waals surface area contributed by atoms with E-state index in [-0.39, 0.29) is 5.97 Å². The Hall–Kier alpha value is -1.88. The number of hydrogen-bond donors (Lipinski definition) is 1. The lowest BCUT2D eigenvalue weighted by Gasteiger charge is -2.15. The van der Waals surface area contributed by atoms with Crippen LogP contribution in [-0.4, -0.2) is 48.1 Å². The van der Waals surface area contributed by atoms with Gasteiger partial charge in [0.15, 0.2) is 0 Å². The number of rotatable bonds is 7. The van der Waals surface area contributed by atoms with Crippen LogP contribution < -0.4 is 0 Å². The number of benzene rings is 1. The summed E-state index contributed by atoms with van der Waals surface area (Å²) >= 11 is 0. The van der Waals surface area contributed by atoms with Crippen molar-refractivity contribution in [3.8, 4) is 0 Å². The first-order valence-corrected chi connectivity index (χ1v) is 6.88. The molecule has 0 fully saturated rings. The number of ether oxygens (including phenoxy) is 1. The first-order valence-electron chi connectivity index (χ1n) is 6.88. The molecule has 0 saturated heterocycles. The molecule has 1 aromatic carbocycles. The summed E-state index contributed by atoms with van der Waals surface area (Å²) in [4.78, 5) is 21.1. The van der Waals surface area contributed by atoms with Crippen molar-refractivity contribution in [1.29, 1.82) is 0 Å². The Balaban J connectivity index is 1.75. The van der Waals surface area contributed by atoms with Gasteiger partial charge >= 0.3 is 5.97 Å². The summed E-state index contributed by atoms with van der Waals surface area (Å²) in [6, 6.07) is 8.04. The van der Waals surface area contributed by atoms with E-state index < -0.39 is 0 Å². The smallest absolute Gasteiger partial charge is 0.305 e. The van der Waals surface area contributed by atoms with Gasteiger partial charge in [0.1, 0.15) is 5.82 Å². The van der Waals surface area contributed by atoms with Gasteiger partial charge in [0, 0.05) is 19.4 Å². The molecule has 20 heavy (non-hydrogen) atoms. The minimum Gasteiger partial charge on any atom is -0.469 e. The number of esters is 1. The normalized spacial score (nSPS) is 11.2. The van der Waals surface area contributed by atoms with Crippen LogP contribution in [0.1, 0.15) is 18.7 Å². The summed E-state index contributed by atoms with van der Waals surface area (Å²) in [7, 11) is 3.48. The van der Waals surface area contributed by atoms with Crippen LogP contribution in [-0.2, 0) is 16.0 Å². The largest absolute Gasteiger partial charge is 0.469 e. The number of nitrogens with one attached hydrogen (secondary N) is 1. The number of imidazole rings is 1. The van der Waals surface area contributed by atoms with E-state index in [1.165, 1.54) is 7.11 Å². The predicted molar refractivity (Wildman–Crippen MR) is 78.5 cm³/mol. The number of carbonyl (C=O) groups excluding carboxylic acids is 1. The number of H-pyrrole nitrogens is 1. The SMILES string of the molecule is COC(=O)CCCN(C)CCc1nc2ccccc2[nH]1. The van der Waals surface area contributed by atoms with Crippen LogP contribution >= 0.6 is 0 Å². The Kier molecular flexibility index (Phi) is 5.12. The lowest BCUT2D eigenvalue weighted by Crippen LogP contribution is -2.23. The molecule has 1 heterocycles. The highest BCUT2D eigenvalue weighted by molar-refractivity contribution is 5.74. The van der Waals surface area contributed by atoms with Crippen molar-refractivity contribution in [2.24, 2.45) is 0 Å². The monoisotopic (exact) mass is 275 g/mol. The molecule has 108 valence electrons. The molecule has 0 unspecified atom stereocenters. The third kappa shape index (κ3) is 4.06. The van der Waals surface area contributed by atoms with E-state index in [4.69, 9.17) is 0 Å². The number of carbonyl (C=O) groups is 1. The molecule has 0 radical (unpaired) electrons. The van der Waals surface area contributed by atoms with Crippen molar-refractivity contribution < 1.29 is 9.53 Å². The van der Waals surface area contributed by atoms with Crippen molar-refractivity contribution >= 4 is 17.0 Å². The van der Waals surface area contributed by atoms with Crippen molar-refractivity contribution in [1.82, 2.24) is 14.9 Å². The van der Waals surface area contributed by atoms with Gasteiger partial charge in [-0.05, 0) is 32.1 Å². The molecule has 1 N–H and O–H groups in total. The number of aromatic nitrogens is 2. The van der Waals surface area contributed by atoms with Gasteiger partial charge in [0.2, 0.25) is 0 Å². The van der Waals surface area contributed by atoms with E-state index in [2.05, 4.69) is 26.7 Å². The fraction of sp³-hybridized carbons (Fsp3) is 0.467. The van der Waals surface area contributed by atoms with E-state index in [9.17, 15) is 4.79 Å². The first kappa shape index (κ1) is 14.5. The molecule has 0 aliphatic rings. The van der Waals surface area contributed by atoms with Gasteiger partial charge in [0.25, 0.3) is 0 Å². The van der Waals surface area contributed by atoms with Crippen molar-refractivity contribution in [3.05, 3.63) is 30.1 Å². The quantitative estimate of drug-likeness (QED) is 0.785. The molecule has 5 heteroatoms. The molecule has 0 aliphatic heterocycles. The summed E-state index contributed by atoms with van der Waals surface area (Å²) in [5, 5.41) is 0. The number of aromatic amines is 1. The topological polar surface area (TPSA) is 58.2 Å². The van der Waals surface area contributed by atoms with Crippen LogP contribution in [0.3, 0.4) is 0 Å². The Morgan fingerprint density at radius 2 is 2.15 bits per heavy atom. The van der Waals surface area contributed by atoms with E-state index in [1.54, 1.807) is 0 Å². The van der Waals surface area contributed by atoms with E-state index in [0.29, 0.717) is 6.42 Å². The summed E-state index contributed by atoms with van der Waals surface area (Å²) in [6.07, 6.45) is 2.18. The van der Waals surface area contributed by atoms with Crippen LogP contribution in [0.5, 0.6) is 0 Å². The fourth-order valence-corrected chi connectivity index (χ4v) is 2.13. The average molecular weight is 275 g/mol.